The van der Waals surface area contributed by atoms with E-state index in [9.17, 15) is 0 Å². The minimum Gasteiger partial charge on any atom is -0.378 e. The fourth-order valence-electron chi connectivity index (χ4n) is 0.648. The molecule has 2 heteroatoms. The summed E-state index contributed by atoms with van der Waals surface area (Å²) in [7, 11) is 4.01. The normalized spacial score (nSPS) is 12.1. The van der Waals surface area contributed by atoms with E-state index in [0.717, 1.165) is 5.70 Å². The third-order valence-electron chi connectivity index (χ3n) is 1.18. The van der Waals surface area contributed by atoms with E-state index < -0.39 is 0 Å². The van der Waals surface area contributed by atoms with Crippen molar-refractivity contribution < 1.29 is 4.99 Å². The lowest BCUT2D eigenvalue weighted by Crippen LogP contribution is -2.57. The van der Waals surface area contributed by atoms with Crippen molar-refractivity contribution in [3.63, 3.8) is 0 Å². The molecule has 0 saturated carbocycles. The summed E-state index contributed by atoms with van der Waals surface area (Å²) >= 11 is 0. The molecule has 0 unspecified atom stereocenters. The molecular formula is C8H15N2+. The third kappa shape index (κ3) is 3.07. The van der Waals surface area contributed by atoms with Gasteiger partial charge in [-0.15, -0.1) is 0 Å². The van der Waals surface area contributed by atoms with Crippen molar-refractivity contribution in [2.45, 2.75) is 6.92 Å². The Balaban J connectivity index is 4.10. The highest BCUT2D eigenvalue weighted by atomic mass is 15.1. The number of hydrogen-bond acceptors (Lipinski definition) is 1. The highest BCUT2D eigenvalue weighted by Crippen LogP contribution is 1.97. The second-order valence-corrected chi connectivity index (χ2v) is 2.15. The standard InChI is InChI=1S/C8H14N2/c1-5-8(10(3)4)6-7-9-2/h5-7H,2H2,1,3-4H3/p+1/b7-6-,8-5+. The van der Waals surface area contributed by atoms with Gasteiger partial charge in [-0.05, 0) is 6.92 Å². The van der Waals surface area contributed by atoms with Crippen LogP contribution in [-0.4, -0.2) is 25.7 Å². The molecule has 0 aliphatic heterocycles. The van der Waals surface area contributed by atoms with E-state index in [1.807, 2.05) is 38.1 Å². The highest BCUT2D eigenvalue weighted by Gasteiger charge is 1.90. The fraction of sp³-hybridized carbons (Fsp3) is 0.375. The van der Waals surface area contributed by atoms with Crippen molar-refractivity contribution in [2.75, 3.05) is 14.1 Å². The SMILES string of the molecule is C=[NH+]/C=C\C(=C/C)N(C)C. The molecule has 0 aromatic heterocycles. The van der Waals surface area contributed by atoms with Crippen molar-refractivity contribution in [2.24, 2.45) is 0 Å². The van der Waals surface area contributed by atoms with Crippen molar-refractivity contribution in [3.05, 3.63) is 24.0 Å². The molecule has 0 aromatic carbocycles. The van der Waals surface area contributed by atoms with Gasteiger partial charge >= 0.3 is 0 Å². The van der Waals surface area contributed by atoms with Gasteiger partial charge in [-0.3, -0.25) is 0 Å². The minimum absolute atomic E-state index is 1.16. The zero-order valence-electron chi connectivity index (χ0n) is 6.89. The Morgan fingerprint density at radius 2 is 2.10 bits per heavy atom. The highest BCUT2D eigenvalue weighted by molar-refractivity contribution is 5.16. The largest absolute Gasteiger partial charge is 0.378 e. The molecule has 0 aliphatic carbocycles. The molecule has 56 valence electrons. The topological polar surface area (TPSA) is 17.2 Å². The number of hydrogen-bond donors (Lipinski definition) is 1. The maximum Gasteiger partial charge on any atom is 0.168 e. The van der Waals surface area contributed by atoms with E-state index >= 15 is 0 Å². The molecule has 0 saturated heterocycles. The van der Waals surface area contributed by atoms with E-state index in [1.54, 1.807) is 6.20 Å². The van der Waals surface area contributed by atoms with Gasteiger partial charge in [0.25, 0.3) is 0 Å². The van der Waals surface area contributed by atoms with Crippen molar-refractivity contribution in [1.29, 1.82) is 0 Å². The van der Waals surface area contributed by atoms with Crippen LogP contribution in [0.25, 0.3) is 0 Å². The first-order valence-electron chi connectivity index (χ1n) is 3.25. The van der Waals surface area contributed by atoms with Crippen LogP contribution in [0.1, 0.15) is 6.92 Å². The predicted octanol–water partition coefficient (Wildman–Crippen LogP) is -0.253. The Labute approximate surface area is 62.6 Å². The summed E-state index contributed by atoms with van der Waals surface area (Å²) in [6.07, 6.45) is 5.80. The van der Waals surface area contributed by atoms with Gasteiger partial charge in [-0.1, -0.05) is 6.08 Å². The Hall–Kier alpha value is -1.05. The Kier molecular flexibility index (Phi) is 4.29. The smallest absolute Gasteiger partial charge is 0.168 e. The van der Waals surface area contributed by atoms with E-state index in [1.165, 1.54) is 0 Å². The zero-order chi connectivity index (χ0) is 7.98. The van der Waals surface area contributed by atoms with Crippen LogP contribution in [0.5, 0.6) is 0 Å². The molecule has 0 fully saturated rings. The molecule has 0 aromatic rings. The second-order valence-electron chi connectivity index (χ2n) is 2.15. The Morgan fingerprint density at radius 3 is 2.40 bits per heavy atom. The monoisotopic (exact) mass is 139 g/mol. The van der Waals surface area contributed by atoms with Gasteiger partial charge in [0.15, 0.2) is 6.20 Å². The first-order chi connectivity index (χ1) is 4.72. The number of allylic oxidation sites excluding steroid dienone is 2. The summed E-state index contributed by atoms with van der Waals surface area (Å²) in [5.41, 5.74) is 1.16. The summed E-state index contributed by atoms with van der Waals surface area (Å²) in [4.78, 5) is 4.72. The van der Waals surface area contributed by atoms with Crippen LogP contribution in [-0.2, 0) is 0 Å². The van der Waals surface area contributed by atoms with Gasteiger partial charge in [-0.25, -0.2) is 4.99 Å². The van der Waals surface area contributed by atoms with Crippen LogP contribution in [0.3, 0.4) is 0 Å². The molecule has 0 rings (SSSR count). The maximum atomic E-state index is 3.47. The van der Waals surface area contributed by atoms with Gasteiger partial charge in [0.2, 0.25) is 0 Å². The second kappa shape index (κ2) is 4.79. The van der Waals surface area contributed by atoms with Crippen LogP contribution < -0.4 is 4.99 Å². The summed E-state index contributed by atoms with van der Waals surface area (Å²) in [6.45, 7) is 5.47. The van der Waals surface area contributed by atoms with Crippen molar-refractivity contribution in [1.82, 2.24) is 4.90 Å². The predicted molar refractivity (Wildman–Crippen MR) is 44.7 cm³/mol. The van der Waals surface area contributed by atoms with E-state index in [0.29, 0.717) is 0 Å². The summed E-state index contributed by atoms with van der Waals surface area (Å²) in [6, 6.07) is 0. The molecule has 10 heavy (non-hydrogen) atoms. The molecule has 0 bridgehead atoms. The lowest BCUT2D eigenvalue weighted by Gasteiger charge is -2.11. The molecule has 2 nitrogen and oxygen atoms in total. The molecule has 0 amide bonds. The molecular weight excluding hydrogens is 124 g/mol. The Morgan fingerprint density at radius 1 is 1.50 bits per heavy atom. The molecule has 0 aliphatic rings. The number of nitrogens with one attached hydrogen (secondary N) is 1. The first-order valence-corrected chi connectivity index (χ1v) is 3.25. The lowest BCUT2D eigenvalue weighted by molar-refractivity contribution is -0.361. The van der Waals surface area contributed by atoms with Crippen LogP contribution in [0.4, 0.5) is 0 Å². The van der Waals surface area contributed by atoms with E-state index in [-0.39, 0.29) is 0 Å². The van der Waals surface area contributed by atoms with Gasteiger partial charge in [0.05, 0.1) is 0 Å². The van der Waals surface area contributed by atoms with E-state index in [4.69, 9.17) is 0 Å². The van der Waals surface area contributed by atoms with Gasteiger partial charge in [0.1, 0.15) is 6.72 Å². The lowest BCUT2D eigenvalue weighted by atomic mass is 10.4. The molecule has 1 N–H and O–H groups in total. The summed E-state index contributed by atoms with van der Waals surface area (Å²) < 4.78 is 0. The number of likely N-dealkylation sites (N-methyl/N-ethyl adjacent to an activating group) is 1. The zero-order valence-corrected chi connectivity index (χ0v) is 6.89. The van der Waals surface area contributed by atoms with Gasteiger partial charge < -0.3 is 4.90 Å². The van der Waals surface area contributed by atoms with Crippen LogP contribution in [0, 0.1) is 0 Å². The van der Waals surface area contributed by atoms with Gasteiger partial charge in [-0.2, -0.15) is 0 Å². The average molecular weight is 139 g/mol. The van der Waals surface area contributed by atoms with Crippen molar-refractivity contribution in [3.8, 4) is 0 Å². The Bertz CT molecular complexity index is 155. The molecule has 0 spiro atoms. The summed E-state index contributed by atoms with van der Waals surface area (Å²) in [5.74, 6) is 0. The van der Waals surface area contributed by atoms with Crippen LogP contribution in [0.15, 0.2) is 24.0 Å². The van der Waals surface area contributed by atoms with Crippen molar-refractivity contribution >= 4 is 6.72 Å². The van der Waals surface area contributed by atoms with Gasteiger partial charge in [0, 0.05) is 25.9 Å². The third-order valence-corrected chi connectivity index (χ3v) is 1.18. The number of nitrogens with zero attached hydrogens (tertiary/aromatic N) is 1. The van der Waals surface area contributed by atoms with E-state index in [2.05, 4.69) is 11.7 Å². The summed E-state index contributed by atoms with van der Waals surface area (Å²) in [5, 5.41) is 0. The maximum absolute atomic E-state index is 3.47. The number of rotatable bonds is 3. The van der Waals surface area contributed by atoms with Crippen LogP contribution in [0.2, 0.25) is 0 Å². The quantitative estimate of drug-likeness (QED) is 0.421. The average Bonchev–Trinajstić information content (AvgIpc) is 1.89. The first kappa shape index (κ1) is 8.95. The van der Waals surface area contributed by atoms with Crippen LogP contribution >= 0.6 is 0 Å². The fourth-order valence-corrected chi connectivity index (χ4v) is 0.648. The molecule has 0 heterocycles. The molecule has 0 radical (unpaired) electrons. The minimum atomic E-state index is 1.16. The molecule has 0 atom stereocenters.